The lowest BCUT2D eigenvalue weighted by molar-refractivity contribution is -0.185. The lowest BCUT2D eigenvalue weighted by atomic mass is 10.1. The zero-order valence-corrected chi connectivity index (χ0v) is 11.1. The second-order valence-corrected chi connectivity index (χ2v) is 4.76. The van der Waals surface area contributed by atoms with E-state index >= 15 is 0 Å². The number of rotatable bonds is 4. The van der Waals surface area contributed by atoms with E-state index in [1.165, 1.54) is 12.0 Å². The standard InChI is InChI=1S/C15H21NO2/c1-12(2)15(13-8-4-3-5-9-13)16-18-14-10-6-7-11-17-14/h3-5,8-9,14,16H,6-7,10-11H2,1-2H3. The van der Waals surface area contributed by atoms with Crippen molar-refractivity contribution in [2.24, 2.45) is 0 Å². The summed E-state index contributed by atoms with van der Waals surface area (Å²) in [6.07, 6.45) is 3.13. The smallest absolute Gasteiger partial charge is 0.183 e. The summed E-state index contributed by atoms with van der Waals surface area (Å²) in [5.74, 6) is 0. The maximum Gasteiger partial charge on any atom is 0.183 e. The predicted molar refractivity (Wildman–Crippen MR) is 72.5 cm³/mol. The Morgan fingerprint density at radius 3 is 2.61 bits per heavy atom. The van der Waals surface area contributed by atoms with E-state index in [9.17, 15) is 0 Å². The molecule has 1 N–H and O–H groups in total. The third kappa shape index (κ3) is 3.59. The van der Waals surface area contributed by atoms with E-state index in [0.717, 1.165) is 30.7 Å². The highest BCUT2D eigenvalue weighted by Crippen LogP contribution is 2.18. The first-order valence-electron chi connectivity index (χ1n) is 6.53. The summed E-state index contributed by atoms with van der Waals surface area (Å²) in [6.45, 7) is 4.93. The largest absolute Gasteiger partial charge is 0.350 e. The fraction of sp³-hybridized carbons (Fsp3) is 0.467. The van der Waals surface area contributed by atoms with Crippen LogP contribution in [0.25, 0.3) is 5.70 Å². The van der Waals surface area contributed by atoms with Crippen molar-refractivity contribution in [3.05, 3.63) is 41.5 Å². The highest BCUT2D eigenvalue weighted by Gasteiger charge is 2.15. The second kappa shape index (κ2) is 6.57. The summed E-state index contributed by atoms with van der Waals surface area (Å²) in [5.41, 5.74) is 6.40. The van der Waals surface area contributed by atoms with Gasteiger partial charge < -0.3 is 4.74 Å². The number of nitrogens with one attached hydrogen (secondary N) is 1. The molecule has 0 amide bonds. The normalized spacial score (nSPS) is 19.3. The van der Waals surface area contributed by atoms with Crippen LogP contribution < -0.4 is 5.48 Å². The average Bonchev–Trinajstić information content (AvgIpc) is 2.41. The van der Waals surface area contributed by atoms with Gasteiger partial charge in [-0.2, -0.15) is 0 Å². The molecule has 1 heterocycles. The van der Waals surface area contributed by atoms with Gasteiger partial charge >= 0.3 is 0 Å². The molecule has 1 atom stereocenters. The van der Waals surface area contributed by atoms with Gasteiger partial charge in [0.1, 0.15) is 0 Å². The molecule has 0 aromatic heterocycles. The molecule has 1 aromatic carbocycles. The predicted octanol–water partition coefficient (Wildman–Crippen LogP) is 3.49. The van der Waals surface area contributed by atoms with E-state index in [0.29, 0.717) is 0 Å². The van der Waals surface area contributed by atoms with Crippen LogP contribution in [0.15, 0.2) is 35.9 Å². The number of ether oxygens (including phenoxy) is 1. The second-order valence-electron chi connectivity index (χ2n) is 4.76. The van der Waals surface area contributed by atoms with Gasteiger partial charge in [-0.3, -0.25) is 5.48 Å². The molecule has 98 valence electrons. The lowest BCUT2D eigenvalue weighted by Gasteiger charge is -2.24. The molecular formula is C15H21NO2. The van der Waals surface area contributed by atoms with Gasteiger partial charge in [-0.15, -0.1) is 0 Å². The molecule has 1 unspecified atom stereocenters. The van der Waals surface area contributed by atoms with Crippen molar-refractivity contribution in [1.29, 1.82) is 0 Å². The number of benzene rings is 1. The first kappa shape index (κ1) is 13.1. The first-order chi connectivity index (χ1) is 8.77. The average molecular weight is 247 g/mol. The van der Waals surface area contributed by atoms with E-state index in [2.05, 4.69) is 31.5 Å². The van der Waals surface area contributed by atoms with Gasteiger partial charge in [0.2, 0.25) is 0 Å². The Balaban J connectivity index is 1.98. The Morgan fingerprint density at radius 1 is 1.22 bits per heavy atom. The van der Waals surface area contributed by atoms with Crippen LogP contribution in [0.1, 0.15) is 38.7 Å². The van der Waals surface area contributed by atoms with Crippen molar-refractivity contribution in [2.45, 2.75) is 39.4 Å². The Kier molecular flexibility index (Phi) is 4.79. The number of allylic oxidation sites excluding steroid dienone is 1. The van der Waals surface area contributed by atoms with E-state index in [4.69, 9.17) is 9.57 Å². The molecule has 3 heteroatoms. The minimum absolute atomic E-state index is 0.128. The van der Waals surface area contributed by atoms with Gasteiger partial charge in [-0.25, -0.2) is 4.84 Å². The van der Waals surface area contributed by atoms with Gasteiger partial charge in [0.05, 0.1) is 5.70 Å². The quantitative estimate of drug-likeness (QED) is 0.826. The van der Waals surface area contributed by atoms with Crippen LogP contribution in [0.3, 0.4) is 0 Å². The van der Waals surface area contributed by atoms with Crippen LogP contribution in [-0.2, 0) is 9.57 Å². The van der Waals surface area contributed by atoms with Crippen LogP contribution in [-0.4, -0.2) is 12.9 Å². The maximum atomic E-state index is 5.63. The van der Waals surface area contributed by atoms with E-state index < -0.39 is 0 Å². The molecule has 0 aliphatic carbocycles. The Morgan fingerprint density at radius 2 is 2.00 bits per heavy atom. The lowest BCUT2D eigenvalue weighted by Crippen LogP contribution is -2.28. The summed E-state index contributed by atoms with van der Waals surface area (Å²) >= 11 is 0. The van der Waals surface area contributed by atoms with Crippen molar-refractivity contribution < 1.29 is 9.57 Å². The third-order valence-electron chi connectivity index (χ3n) is 2.99. The topological polar surface area (TPSA) is 30.5 Å². The van der Waals surface area contributed by atoms with Crippen LogP contribution in [0, 0.1) is 0 Å². The molecule has 1 aliphatic rings. The van der Waals surface area contributed by atoms with Gasteiger partial charge in [-0.1, -0.05) is 35.9 Å². The molecule has 1 aromatic rings. The van der Waals surface area contributed by atoms with Crippen molar-refractivity contribution in [1.82, 2.24) is 5.48 Å². The van der Waals surface area contributed by atoms with Gasteiger partial charge in [-0.05, 0) is 32.3 Å². The number of hydrogen-bond donors (Lipinski definition) is 1. The highest BCUT2D eigenvalue weighted by atomic mass is 16.8. The van der Waals surface area contributed by atoms with Crippen molar-refractivity contribution >= 4 is 5.70 Å². The van der Waals surface area contributed by atoms with Gasteiger partial charge in [0.15, 0.2) is 6.29 Å². The molecule has 0 spiro atoms. The summed E-state index contributed by atoms with van der Waals surface area (Å²) < 4.78 is 5.54. The number of hydroxylamine groups is 1. The highest BCUT2D eigenvalue weighted by molar-refractivity contribution is 5.65. The molecule has 0 saturated carbocycles. The van der Waals surface area contributed by atoms with E-state index in [1.54, 1.807) is 0 Å². The van der Waals surface area contributed by atoms with Crippen molar-refractivity contribution in [2.75, 3.05) is 6.61 Å². The molecule has 18 heavy (non-hydrogen) atoms. The summed E-state index contributed by atoms with van der Waals surface area (Å²) in [7, 11) is 0. The molecular weight excluding hydrogens is 226 g/mol. The summed E-state index contributed by atoms with van der Waals surface area (Å²) in [6, 6.07) is 10.2. The fourth-order valence-electron chi connectivity index (χ4n) is 1.98. The van der Waals surface area contributed by atoms with Gasteiger partial charge in [0.25, 0.3) is 0 Å². The Hall–Kier alpha value is -1.32. The van der Waals surface area contributed by atoms with Crippen LogP contribution in [0.5, 0.6) is 0 Å². The summed E-state index contributed by atoms with van der Waals surface area (Å²) in [4.78, 5) is 5.63. The van der Waals surface area contributed by atoms with Crippen LogP contribution in [0.2, 0.25) is 0 Å². The minimum atomic E-state index is -0.128. The SMILES string of the molecule is CC(C)=C(NOC1CCCCO1)c1ccccc1. The zero-order valence-electron chi connectivity index (χ0n) is 11.1. The zero-order chi connectivity index (χ0) is 12.8. The van der Waals surface area contributed by atoms with Crippen molar-refractivity contribution in [3.63, 3.8) is 0 Å². The Labute approximate surface area is 109 Å². The molecule has 2 rings (SSSR count). The maximum absolute atomic E-state index is 5.63. The number of hydrogen-bond acceptors (Lipinski definition) is 3. The monoisotopic (exact) mass is 247 g/mol. The van der Waals surface area contributed by atoms with Crippen LogP contribution >= 0.6 is 0 Å². The molecule has 0 radical (unpaired) electrons. The minimum Gasteiger partial charge on any atom is -0.350 e. The first-order valence-corrected chi connectivity index (χ1v) is 6.53. The molecule has 3 nitrogen and oxygen atoms in total. The molecule has 1 saturated heterocycles. The van der Waals surface area contributed by atoms with E-state index in [-0.39, 0.29) is 6.29 Å². The van der Waals surface area contributed by atoms with Crippen LogP contribution in [0.4, 0.5) is 0 Å². The third-order valence-corrected chi connectivity index (χ3v) is 2.99. The van der Waals surface area contributed by atoms with Crippen molar-refractivity contribution in [3.8, 4) is 0 Å². The molecule has 1 fully saturated rings. The summed E-state index contributed by atoms with van der Waals surface area (Å²) in [5, 5.41) is 0. The Bertz CT molecular complexity index is 390. The fourth-order valence-corrected chi connectivity index (χ4v) is 1.98. The molecule has 1 aliphatic heterocycles. The molecule has 0 bridgehead atoms. The van der Waals surface area contributed by atoms with Gasteiger partial charge in [0, 0.05) is 13.0 Å². The van der Waals surface area contributed by atoms with E-state index in [1.807, 2.05) is 18.2 Å².